The van der Waals surface area contributed by atoms with Crippen LogP contribution in [0.2, 0.25) is 23.4 Å². The van der Waals surface area contributed by atoms with Crippen LogP contribution in [0.4, 0.5) is 0 Å². The fourth-order valence-electron chi connectivity index (χ4n) is 4.21. The molecule has 4 aromatic rings. The Morgan fingerprint density at radius 1 is 1.11 bits per heavy atom. The number of nitrogens with one attached hydrogen (secondary N) is 1. The van der Waals surface area contributed by atoms with Crippen molar-refractivity contribution in [2.24, 2.45) is 0 Å². The molecule has 1 atom stereocenters. The third-order valence-corrected chi connectivity index (χ3v) is 11.7. The molecule has 3 heterocycles. The molecular formula is C27H28ClN5O4Si. The van der Waals surface area contributed by atoms with Crippen LogP contribution in [0.3, 0.4) is 0 Å². The summed E-state index contributed by atoms with van der Waals surface area (Å²) in [4.78, 5) is 41.1. The first kappa shape index (κ1) is 25.9. The zero-order chi connectivity index (χ0) is 27.4. The second kappa shape index (κ2) is 9.21. The highest BCUT2D eigenvalue weighted by Crippen LogP contribution is 2.41. The molecule has 0 amide bonds. The lowest BCUT2D eigenvalue weighted by Gasteiger charge is -2.36. The number of aryl methyl sites for hydroxylation is 1. The summed E-state index contributed by atoms with van der Waals surface area (Å²) < 4.78 is 13.7. The molecule has 0 fully saturated rings. The van der Waals surface area contributed by atoms with Crippen LogP contribution < -0.4 is 15.7 Å². The zero-order valence-corrected chi connectivity index (χ0v) is 23.8. The van der Waals surface area contributed by atoms with Gasteiger partial charge in [0.25, 0.3) is 5.56 Å². The van der Waals surface area contributed by atoms with Crippen molar-refractivity contribution in [1.82, 2.24) is 24.5 Å². The van der Waals surface area contributed by atoms with E-state index >= 15 is 0 Å². The molecule has 0 aliphatic heterocycles. The Bertz CT molecular complexity index is 1700. The minimum Gasteiger partial charge on any atom is -0.543 e. The molecule has 0 radical (unpaired) electrons. The van der Waals surface area contributed by atoms with Crippen LogP contribution >= 0.6 is 11.6 Å². The maximum atomic E-state index is 13.3. The Balaban J connectivity index is 1.70. The van der Waals surface area contributed by atoms with Gasteiger partial charge in [0.2, 0.25) is 13.6 Å². The maximum absolute atomic E-state index is 13.3. The second-order valence-electron chi connectivity index (χ2n) is 10.8. The number of hydrogen-bond acceptors (Lipinski definition) is 7. The third-order valence-electron chi connectivity index (χ3n) is 7.16. The monoisotopic (exact) mass is 549 g/mol. The van der Waals surface area contributed by atoms with Gasteiger partial charge in [0.1, 0.15) is 11.6 Å². The van der Waals surface area contributed by atoms with Crippen molar-refractivity contribution in [2.75, 3.05) is 0 Å². The van der Waals surface area contributed by atoms with E-state index in [-0.39, 0.29) is 16.1 Å². The number of fused-ring (bicyclic) bond motifs is 2. The molecule has 1 aliphatic rings. The van der Waals surface area contributed by atoms with Gasteiger partial charge in [-0.15, -0.1) is 0 Å². The van der Waals surface area contributed by atoms with Crippen molar-refractivity contribution in [3.8, 4) is 11.6 Å². The molecular weight excluding hydrogens is 522 g/mol. The number of hydrogen-bond donors (Lipinski definition) is 1. The van der Waals surface area contributed by atoms with E-state index in [4.69, 9.17) is 20.4 Å². The molecule has 1 N–H and O–H groups in total. The predicted octanol–water partition coefficient (Wildman–Crippen LogP) is 5.31. The second-order valence-corrected chi connectivity index (χ2v) is 15.9. The summed E-state index contributed by atoms with van der Waals surface area (Å²) >= 11 is 5.96. The van der Waals surface area contributed by atoms with Crippen LogP contribution in [0.15, 0.2) is 50.7 Å². The average molecular weight is 550 g/mol. The van der Waals surface area contributed by atoms with E-state index in [9.17, 15) is 9.59 Å². The zero-order valence-electron chi connectivity index (χ0n) is 22.0. The fourth-order valence-corrected chi connectivity index (χ4v) is 5.37. The van der Waals surface area contributed by atoms with Crippen LogP contribution in [0.25, 0.3) is 18.0 Å². The summed E-state index contributed by atoms with van der Waals surface area (Å²) in [6.45, 7) is 12.7. The van der Waals surface area contributed by atoms with Gasteiger partial charge in [-0.3, -0.25) is 14.3 Å². The predicted molar refractivity (Wildman–Crippen MR) is 149 cm³/mol. The van der Waals surface area contributed by atoms with Crippen LogP contribution in [-0.4, -0.2) is 32.8 Å². The number of H-pyrrole nitrogens is 1. The highest BCUT2D eigenvalue weighted by Gasteiger charge is 2.39. The van der Waals surface area contributed by atoms with Crippen LogP contribution in [0, 0.1) is 6.92 Å². The maximum Gasteiger partial charge on any atom is 0.334 e. The Hall–Kier alpha value is -3.76. The molecule has 9 nitrogen and oxygen atoms in total. The molecule has 1 aliphatic carbocycles. The largest absolute Gasteiger partial charge is 0.543 e. The van der Waals surface area contributed by atoms with E-state index in [2.05, 4.69) is 53.8 Å². The summed E-state index contributed by atoms with van der Waals surface area (Å²) in [5, 5.41) is 0.0149. The number of oxazole rings is 1. The van der Waals surface area contributed by atoms with Crippen molar-refractivity contribution in [3.63, 3.8) is 0 Å². The van der Waals surface area contributed by atoms with Crippen molar-refractivity contribution in [2.45, 2.75) is 51.7 Å². The third kappa shape index (κ3) is 4.65. The Labute approximate surface area is 225 Å². The Morgan fingerprint density at radius 2 is 1.87 bits per heavy atom. The molecule has 196 valence electrons. The van der Waals surface area contributed by atoms with E-state index < -0.39 is 25.5 Å². The van der Waals surface area contributed by atoms with Gasteiger partial charge in [0, 0.05) is 24.9 Å². The number of aromatic amines is 1. The summed E-state index contributed by atoms with van der Waals surface area (Å²) in [6, 6.07) is 7.38. The molecule has 0 saturated carbocycles. The van der Waals surface area contributed by atoms with Crippen molar-refractivity contribution < 1.29 is 8.84 Å². The van der Waals surface area contributed by atoms with E-state index in [1.165, 1.54) is 23.0 Å². The number of nitrogens with zero attached hydrogens (tertiary/aromatic N) is 4. The summed E-state index contributed by atoms with van der Waals surface area (Å²) in [6.07, 6.45) is 6.70. The van der Waals surface area contributed by atoms with Gasteiger partial charge in [0.05, 0.1) is 11.6 Å². The SMILES string of the molecule is Cc1nc2c(o1)C=Cc1cc(O[Si](C)(C)C(C)(C)C)ccc1C2c1cn(-c2ccnc(Cl)n2)c(=O)[nH]c1=O. The first-order valence-electron chi connectivity index (χ1n) is 12.2. The smallest absolute Gasteiger partial charge is 0.334 e. The first-order valence-corrected chi connectivity index (χ1v) is 15.5. The number of halogens is 1. The van der Waals surface area contributed by atoms with Gasteiger partial charge in [-0.05, 0) is 65.1 Å². The van der Waals surface area contributed by atoms with Crippen LogP contribution in [0.1, 0.15) is 60.7 Å². The van der Waals surface area contributed by atoms with E-state index in [1.54, 1.807) is 6.92 Å². The normalized spacial score (nSPS) is 15.1. The quantitative estimate of drug-likeness (QED) is 0.238. The lowest BCUT2D eigenvalue weighted by atomic mass is 9.87. The first-order chi connectivity index (χ1) is 17.8. The van der Waals surface area contributed by atoms with Crippen molar-refractivity contribution >= 4 is 32.1 Å². The summed E-state index contributed by atoms with van der Waals surface area (Å²) in [5.41, 5.74) is 1.39. The van der Waals surface area contributed by atoms with Gasteiger partial charge in [-0.2, -0.15) is 4.98 Å². The van der Waals surface area contributed by atoms with Gasteiger partial charge < -0.3 is 8.84 Å². The standard InChI is InChI=1S/C27H28ClN5O4Si/c1-15-30-23-20(36-15)10-7-16-13-17(37-38(5,6)27(2,3)4)8-9-18(16)22(23)19-14-33(26(35)32-24(19)34)21-11-12-29-25(28)31-21/h7-14,22H,1-6H3,(H,32,34,35). The minimum absolute atomic E-state index is 0.0187. The molecule has 0 spiro atoms. The van der Waals surface area contributed by atoms with Gasteiger partial charge >= 0.3 is 5.69 Å². The molecule has 5 rings (SSSR count). The van der Waals surface area contributed by atoms with Crippen LogP contribution in [0.5, 0.6) is 5.75 Å². The van der Waals surface area contributed by atoms with E-state index in [0.717, 1.165) is 16.9 Å². The topological polar surface area (TPSA) is 116 Å². The fraction of sp³-hybridized carbons (Fsp3) is 0.296. The lowest BCUT2D eigenvalue weighted by molar-refractivity contribution is 0.492. The van der Waals surface area contributed by atoms with Crippen molar-refractivity contribution in [1.29, 1.82) is 0 Å². The average Bonchev–Trinajstić information content (AvgIpc) is 3.12. The molecule has 0 bridgehead atoms. The summed E-state index contributed by atoms with van der Waals surface area (Å²) in [5.74, 6) is 1.38. The minimum atomic E-state index is -2.08. The lowest BCUT2D eigenvalue weighted by Crippen LogP contribution is -2.43. The molecule has 1 unspecified atom stereocenters. The highest BCUT2D eigenvalue weighted by molar-refractivity contribution is 6.74. The van der Waals surface area contributed by atoms with E-state index in [0.29, 0.717) is 22.9 Å². The van der Waals surface area contributed by atoms with Gasteiger partial charge in [0.15, 0.2) is 11.7 Å². The molecule has 11 heteroatoms. The van der Waals surface area contributed by atoms with E-state index in [1.807, 2.05) is 30.4 Å². The molecule has 3 aromatic heterocycles. The van der Waals surface area contributed by atoms with Gasteiger partial charge in [-0.1, -0.05) is 32.9 Å². The number of aromatic nitrogens is 5. The van der Waals surface area contributed by atoms with Gasteiger partial charge in [-0.25, -0.2) is 14.8 Å². The Morgan fingerprint density at radius 3 is 2.58 bits per heavy atom. The number of benzene rings is 1. The van der Waals surface area contributed by atoms with Crippen molar-refractivity contribution in [3.05, 3.63) is 96.8 Å². The Kier molecular flexibility index (Phi) is 6.27. The summed E-state index contributed by atoms with van der Waals surface area (Å²) in [7, 11) is -2.08. The highest BCUT2D eigenvalue weighted by atomic mass is 35.5. The number of rotatable bonds is 4. The molecule has 0 saturated heterocycles. The molecule has 38 heavy (non-hydrogen) atoms. The van der Waals surface area contributed by atoms with Crippen LogP contribution in [-0.2, 0) is 0 Å². The molecule has 1 aromatic carbocycles.